The van der Waals surface area contributed by atoms with E-state index in [1.54, 1.807) is 6.07 Å². The van der Waals surface area contributed by atoms with Gasteiger partial charge in [0.05, 0.1) is 10.5 Å². The Balaban J connectivity index is 2.87. The van der Waals surface area contributed by atoms with E-state index in [1.807, 2.05) is 0 Å². The Bertz CT molecular complexity index is 486. The van der Waals surface area contributed by atoms with E-state index in [2.05, 4.69) is 22.5 Å². The second-order valence-corrected chi connectivity index (χ2v) is 3.98. The minimum atomic E-state index is -1.20. The Kier molecular flexibility index (Phi) is 4.22. The van der Waals surface area contributed by atoms with Crippen LogP contribution < -0.4 is 4.74 Å². The summed E-state index contributed by atoms with van der Waals surface area (Å²) in [7, 11) is 0. The van der Waals surface area contributed by atoms with E-state index in [-0.39, 0.29) is 23.6 Å². The first-order chi connectivity index (χ1) is 7.91. The van der Waals surface area contributed by atoms with E-state index < -0.39 is 10.9 Å². The lowest BCUT2D eigenvalue weighted by Crippen LogP contribution is -2.09. The Morgan fingerprint density at radius 1 is 1.59 bits per heavy atom. The van der Waals surface area contributed by atoms with Crippen LogP contribution in [-0.2, 0) is 4.79 Å². The van der Waals surface area contributed by atoms with Gasteiger partial charge in [-0.1, -0.05) is 22.5 Å². The average Bonchev–Trinajstić information content (AvgIpc) is 2.26. The maximum absolute atomic E-state index is 10.7. The minimum Gasteiger partial charge on any atom is -0.482 e. The lowest BCUT2D eigenvalue weighted by atomic mass is 10.3. The smallest absolute Gasteiger partial charge is 0.334 e. The molecule has 0 amide bonds. The van der Waals surface area contributed by atoms with E-state index in [4.69, 9.17) is 9.84 Å². The van der Waals surface area contributed by atoms with E-state index in [0.717, 1.165) is 0 Å². The molecule has 17 heavy (non-hydrogen) atoms. The molecule has 0 aliphatic heterocycles. The van der Waals surface area contributed by atoms with Gasteiger partial charge in [0.25, 0.3) is 0 Å². The second kappa shape index (κ2) is 5.44. The predicted molar refractivity (Wildman–Crippen MR) is 63.1 cm³/mol. The monoisotopic (exact) mass is 301 g/mol. The van der Waals surface area contributed by atoms with Crippen LogP contribution in [0.3, 0.4) is 0 Å². The van der Waals surface area contributed by atoms with Gasteiger partial charge in [-0.05, 0) is 12.1 Å². The number of carboxylic acid groups (broad SMARTS) is 1. The van der Waals surface area contributed by atoms with Gasteiger partial charge in [-0.3, -0.25) is 10.1 Å². The summed E-state index contributed by atoms with van der Waals surface area (Å²) in [5.74, 6) is -1.20. The summed E-state index contributed by atoms with van der Waals surface area (Å²) in [6.45, 7) is 2.95. The molecule has 0 aromatic heterocycles. The molecule has 0 unspecified atom stereocenters. The maximum Gasteiger partial charge on any atom is 0.334 e. The van der Waals surface area contributed by atoms with Crippen molar-refractivity contribution in [3.05, 3.63) is 44.9 Å². The van der Waals surface area contributed by atoms with Crippen molar-refractivity contribution in [1.82, 2.24) is 0 Å². The zero-order valence-corrected chi connectivity index (χ0v) is 10.1. The summed E-state index contributed by atoms with van der Waals surface area (Å²) in [5.41, 5.74) is -0.417. The van der Waals surface area contributed by atoms with Gasteiger partial charge in [-0.15, -0.1) is 0 Å². The summed E-state index contributed by atoms with van der Waals surface area (Å²) < 4.78 is 5.57. The summed E-state index contributed by atoms with van der Waals surface area (Å²) in [6, 6.07) is 4.22. The first kappa shape index (κ1) is 13.2. The summed E-state index contributed by atoms with van der Waals surface area (Å²) in [6.07, 6.45) is 0. The number of rotatable bonds is 5. The van der Waals surface area contributed by atoms with Crippen LogP contribution in [0.1, 0.15) is 0 Å². The molecule has 1 aromatic carbocycles. The molecule has 0 spiro atoms. The van der Waals surface area contributed by atoms with Gasteiger partial charge in [0.1, 0.15) is 6.61 Å². The molecule has 0 aliphatic rings. The summed E-state index contributed by atoms with van der Waals surface area (Å²) in [4.78, 5) is 20.6. The lowest BCUT2D eigenvalue weighted by Gasteiger charge is -2.06. The molecule has 0 heterocycles. The topological polar surface area (TPSA) is 89.7 Å². The standard InChI is InChI=1S/C10H8BrNO5/c1-6(10(13)14)5-17-9-3-2-7(11)4-8(9)12(15)16/h2-4H,1,5H2,(H,13,14). The minimum absolute atomic E-state index is 0.000556. The van der Waals surface area contributed by atoms with E-state index >= 15 is 0 Å². The molecule has 0 fully saturated rings. The van der Waals surface area contributed by atoms with Gasteiger partial charge in [-0.2, -0.15) is 0 Å². The van der Waals surface area contributed by atoms with E-state index in [9.17, 15) is 14.9 Å². The Morgan fingerprint density at radius 3 is 2.76 bits per heavy atom. The molecule has 0 aliphatic carbocycles. The molecule has 0 bridgehead atoms. The van der Waals surface area contributed by atoms with Gasteiger partial charge in [0, 0.05) is 10.5 Å². The van der Waals surface area contributed by atoms with Crippen molar-refractivity contribution in [1.29, 1.82) is 0 Å². The number of hydrogen-bond donors (Lipinski definition) is 1. The van der Waals surface area contributed by atoms with Crippen molar-refractivity contribution < 1.29 is 19.6 Å². The number of nitro groups is 1. The first-order valence-electron chi connectivity index (χ1n) is 4.39. The van der Waals surface area contributed by atoms with Crippen molar-refractivity contribution >= 4 is 27.6 Å². The largest absolute Gasteiger partial charge is 0.482 e. The molecule has 1 aromatic rings. The lowest BCUT2D eigenvalue weighted by molar-refractivity contribution is -0.385. The van der Waals surface area contributed by atoms with Crippen LogP contribution in [0.5, 0.6) is 5.75 Å². The van der Waals surface area contributed by atoms with E-state index in [0.29, 0.717) is 4.47 Å². The Hall–Kier alpha value is -1.89. The summed E-state index contributed by atoms with van der Waals surface area (Å²) >= 11 is 3.10. The van der Waals surface area contributed by atoms with Crippen molar-refractivity contribution in [2.45, 2.75) is 0 Å². The number of aliphatic carboxylic acids is 1. The van der Waals surface area contributed by atoms with Crippen LogP contribution in [0, 0.1) is 10.1 Å². The Morgan fingerprint density at radius 2 is 2.24 bits per heavy atom. The molecular weight excluding hydrogens is 294 g/mol. The fraction of sp³-hybridized carbons (Fsp3) is 0.100. The second-order valence-electron chi connectivity index (χ2n) is 3.07. The summed E-state index contributed by atoms with van der Waals surface area (Å²) in [5, 5.41) is 19.3. The third-order valence-corrected chi connectivity index (χ3v) is 2.32. The number of carboxylic acids is 1. The molecule has 1 rings (SSSR count). The number of carbonyl (C=O) groups is 1. The number of ether oxygens (including phenoxy) is 1. The van der Waals surface area contributed by atoms with Gasteiger partial charge >= 0.3 is 11.7 Å². The van der Waals surface area contributed by atoms with E-state index in [1.165, 1.54) is 12.1 Å². The predicted octanol–water partition coefficient (Wildman–Crippen LogP) is 2.38. The Labute approximate surface area is 105 Å². The fourth-order valence-corrected chi connectivity index (χ4v) is 1.33. The number of nitrogens with zero attached hydrogens (tertiary/aromatic N) is 1. The average molecular weight is 302 g/mol. The highest BCUT2D eigenvalue weighted by molar-refractivity contribution is 9.10. The van der Waals surface area contributed by atoms with Gasteiger partial charge in [-0.25, -0.2) is 4.79 Å². The third-order valence-electron chi connectivity index (χ3n) is 1.82. The SMILES string of the molecule is C=C(COc1ccc(Br)cc1[N+](=O)[O-])C(=O)O. The normalized spacial score (nSPS) is 9.71. The van der Waals surface area contributed by atoms with Crippen LogP contribution >= 0.6 is 15.9 Å². The molecule has 0 saturated carbocycles. The van der Waals surface area contributed by atoms with Crippen molar-refractivity contribution in [3.63, 3.8) is 0 Å². The quantitative estimate of drug-likeness (QED) is 0.512. The van der Waals surface area contributed by atoms with Crippen LogP contribution in [-0.4, -0.2) is 22.6 Å². The third kappa shape index (κ3) is 3.56. The van der Waals surface area contributed by atoms with Crippen molar-refractivity contribution in [3.8, 4) is 5.75 Å². The van der Waals surface area contributed by atoms with Gasteiger partial charge in [0.15, 0.2) is 5.75 Å². The van der Waals surface area contributed by atoms with Crippen LogP contribution in [0.25, 0.3) is 0 Å². The number of hydrogen-bond acceptors (Lipinski definition) is 4. The van der Waals surface area contributed by atoms with Crippen LogP contribution in [0.4, 0.5) is 5.69 Å². The number of halogens is 1. The fourth-order valence-electron chi connectivity index (χ4n) is 0.982. The zero-order chi connectivity index (χ0) is 13.0. The molecule has 0 atom stereocenters. The first-order valence-corrected chi connectivity index (χ1v) is 5.19. The molecule has 90 valence electrons. The highest BCUT2D eigenvalue weighted by Crippen LogP contribution is 2.30. The molecule has 6 nitrogen and oxygen atoms in total. The molecule has 1 N–H and O–H groups in total. The molecule has 7 heteroatoms. The number of nitro benzene ring substituents is 1. The molecular formula is C10H8BrNO5. The van der Waals surface area contributed by atoms with Gasteiger partial charge < -0.3 is 9.84 Å². The van der Waals surface area contributed by atoms with Gasteiger partial charge in [0.2, 0.25) is 0 Å². The van der Waals surface area contributed by atoms with Crippen LogP contribution in [0.2, 0.25) is 0 Å². The molecule has 0 radical (unpaired) electrons. The van der Waals surface area contributed by atoms with Crippen molar-refractivity contribution in [2.24, 2.45) is 0 Å². The van der Waals surface area contributed by atoms with Crippen molar-refractivity contribution in [2.75, 3.05) is 6.61 Å². The highest BCUT2D eigenvalue weighted by atomic mass is 79.9. The number of benzene rings is 1. The highest BCUT2D eigenvalue weighted by Gasteiger charge is 2.16. The zero-order valence-electron chi connectivity index (χ0n) is 8.55. The molecule has 0 saturated heterocycles. The van der Waals surface area contributed by atoms with Crippen LogP contribution in [0.15, 0.2) is 34.8 Å². The maximum atomic E-state index is 10.7.